The van der Waals surface area contributed by atoms with Gasteiger partial charge in [0, 0.05) is 11.3 Å². The van der Waals surface area contributed by atoms with Gasteiger partial charge in [0.15, 0.2) is 11.5 Å². The number of fused-ring (bicyclic) bond motifs is 1. The fourth-order valence-electron chi connectivity index (χ4n) is 3.14. The number of methoxy groups -OCH3 is 1. The van der Waals surface area contributed by atoms with E-state index >= 15 is 0 Å². The van der Waals surface area contributed by atoms with Crippen LogP contribution >= 0.6 is 11.8 Å². The summed E-state index contributed by atoms with van der Waals surface area (Å²) in [5.74, 6) is 3.48. The van der Waals surface area contributed by atoms with E-state index in [0.717, 1.165) is 33.9 Å². The van der Waals surface area contributed by atoms with Crippen LogP contribution in [0.1, 0.15) is 5.56 Å². The Morgan fingerprint density at radius 1 is 0.833 bits per heavy atom. The third-order valence-electron chi connectivity index (χ3n) is 4.77. The Morgan fingerprint density at radius 3 is 2.30 bits per heavy atom. The van der Waals surface area contributed by atoms with Gasteiger partial charge in [0.2, 0.25) is 12.7 Å². The normalized spacial score (nSPS) is 12.2. The SMILES string of the molecule is COc1ccc(-c2ccc(CSc3nnc(-c4ccc5c(c4)OCO5)o3)cc2)cc1. The summed E-state index contributed by atoms with van der Waals surface area (Å²) in [6, 6.07) is 22.1. The molecule has 150 valence electrons. The van der Waals surface area contributed by atoms with Crippen molar-refractivity contribution in [2.45, 2.75) is 11.0 Å². The van der Waals surface area contributed by atoms with Crippen molar-refractivity contribution in [3.63, 3.8) is 0 Å². The molecule has 0 amide bonds. The number of rotatable bonds is 6. The maximum Gasteiger partial charge on any atom is 0.277 e. The van der Waals surface area contributed by atoms with Crippen LogP contribution in [0.25, 0.3) is 22.6 Å². The number of benzene rings is 3. The van der Waals surface area contributed by atoms with Crippen molar-refractivity contribution in [2.75, 3.05) is 13.9 Å². The maximum atomic E-state index is 5.80. The molecule has 0 aliphatic carbocycles. The van der Waals surface area contributed by atoms with Gasteiger partial charge in [-0.25, -0.2) is 0 Å². The van der Waals surface area contributed by atoms with E-state index in [4.69, 9.17) is 18.6 Å². The van der Waals surface area contributed by atoms with Gasteiger partial charge in [0.05, 0.1) is 7.11 Å². The number of hydrogen-bond acceptors (Lipinski definition) is 7. The van der Waals surface area contributed by atoms with Crippen LogP contribution in [0, 0.1) is 0 Å². The lowest BCUT2D eigenvalue weighted by molar-refractivity contribution is 0.174. The van der Waals surface area contributed by atoms with Gasteiger partial charge in [-0.15, -0.1) is 10.2 Å². The second kappa shape index (κ2) is 8.12. The molecule has 2 heterocycles. The smallest absolute Gasteiger partial charge is 0.277 e. The van der Waals surface area contributed by atoms with Crippen LogP contribution in [0.2, 0.25) is 0 Å². The van der Waals surface area contributed by atoms with Crippen LogP contribution in [0.3, 0.4) is 0 Å². The second-order valence-electron chi connectivity index (χ2n) is 6.66. The maximum absolute atomic E-state index is 5.80. The largest absolute Gasteiger partial charge is 0.497 e. The highest BCUT2D eigenvalue weighted by Crippen LogP contribution is 2.36. The number of hydrogen-bond donors (Lipinski definition) is 0. The van der Waals surface area contributed by atoms with Crippen molar-refractivity contribution in [1.82, 2.24) is 10.2 Å². The molecule has 30 heavy (non-hydrogen) atoms. The molecule has 0 fully saturated rings. The minimum atomic E-state index is 0.237. The zero-order valence-corrected chi connectivity index (χ0v) is 17.0. The molecule has 0 saturated carbocycles. The van der Waals surface area contributed by atoms with Gasteiger partial charge < -0.3 is 18.6 Å². The Hall–Kier alpha value is -3.45. The van der Waals surface area contributed by atoms with Crippen LogP contribution < -0.4 is 14.2 Å². The van der Waals surface area contributed by atoms with Gasteiger partial charge in [-0.05, 0) is 47.0 Å². The number of thioether (sulfide) groups is 1. The van der Waals surface area contributed by atoms with E-state index in [1.165, 1.54) is 17.3 Å². The van der Waals surface area contributed by atoms with E-state index in [0.29, 0.717) is 16.9 Å². The Balaban J connectivity index is 1.23. The monoisotopic (exact) mass is 418 g/mol. The molecule has 0 unspecified atom stereocenters. The molecule has 1 aromatic heterocycles. The van der Waals surface area contributed by atoms with Gasteiger partial charge in [-0.3, -0.25) is 0 Å². The lowest BCUT2D eigenvalue weighted by atomic mass is 10.0. The molecule has 0 atom stereocenters. The van der Waals surface area contributed by atoms with Crippen molar-refractivity contribution in [1.29, 1.82) is 0 Å². The van der Waals surface area contributed by atoms with E-state index in [1.807, 2.05) is 30.3 Å². The molecule has 6 nitrogen and oxygen atoms in total. The third kappa shape index (κ3) is 3.84. The number of nitrogens with zero attached hydrogens (tertiary/aromatic N) is 2. The summed E-state index contributed by atoms with van der Waals surface area (Å²) in [7, 11) is 1.67. The average Bonchev–Trinajstić information content (AvgIpc) is 3.47. The van der Waals surface area contributed by atoms with Crippen molar-refractivity contribution >= 4 is 11.8 Å². The molecule has 5 rings (SSSR count). The molecule has 0 spiro atoms. The van der Waals surface area contributed by atoms with Crippen LogP contribution in [-0.4, -0.2) is 24.1 Å². The van der Waals surface area contributed by atoms with Gasteiger partial charge in [-0.2, -0.15) is 0 Å². The summed E-state index contributed by atoms with van der Waals surface area (Å²) in [6.07, 6.45) is 0. The highest BCUT2D eigenvalue weighted by Gasteiger charge is 2.16. The first-order chi connectivity index (χ1) is 14.8. The first-order valence-corrected chi connectivity index (χ1v) is 10.4. The van der Waals surface area contributed by atoms with E-state index in [-0.39, 0.29) is 6.79 Å². The van der Waals surface area contributed by atoms with Crippen LogP contribution in [0.4, 0.5) is 0 Å². The lowest BCUT2D eigenvalue weighted by Crippen LogP contribution is -1.92. The zero-order valence-electron chi connectivity index (χ0n) is 16.2. The third-order valence-corrected chi connectivity index (χ3v) is 5.66. The van der Waals surface area contributed by atoms with Crippen LogP contribution in [-0.2, 0) is 5.75 Å². The first kappa shape index (κ1) is 18.6. The molecular formula is C23H18N2O4S. The minimum Gasteiger partial charge on any atom is -0.497 e. The number of aromatic nitrogens is 2. The highest BCUT2D eigenvalue weighted by atomic mass is 32.2. The summed E-state index contributed by atoms with van der Waals surface area (Å²) in [6.45, 7) is 0.237. The summed E-state index contributed by atoms with van der Waals surface area (Å²) < 4.78 is 21.7. The molecule has 0 saturated heterocycles. The Kier molecular flexibility index (Phi) is 5.03. The molecule has 1 aliphatic rings. The topological polar surface area (TPSA) is 66.6 Å². The molecular weight excluding hydrogens is 400 g/mol. The van der Waals surface area contributed by atoms with Crippen molar-refractivity contribution in [3.05, 3.63) is 72.3 Å². The van der Waals surface area contributed by atoms with Crippen LogP contribution in [0.15, 0.2) is 76.4 Å². The quantitative estimate of drug-likeness (QED) is 0.387. The van der Waals surface area contributed by atoms with Crippen LogP contribution in [0.5, 0.6) is 17.2 Å². The Morgan fingerprint density at radius 2 is 1.53 bits per heavy atom. The molecule has 1 aliphatic heterocycles. The molecule has 0 N–H and O–H groups in total. The number of ether oxygens (including phenoxy) is 3. The first-order valence-electron chi connectivity index (χ1n) is 9.38. The van der Waals surface area contributed by atoms with E-state index in [9.17, 15) is 0 Å². The summed E-state index contributed by atoms with van der Waals surface area (Å²) >= 11 is 1.51. The average molecular weight is 418 g/mol. The zero-order chi connectivity index (χ0) is 20.3. The van der Waals surface area contributed by atoms with Crippen molar-refractivity contribution < 1.29 is 18.6 Å². The van der Waals surface area contributed by atoms with E-state index < -0.39 is 0 Å². The van der Waals surface area contributed by atoms with Crippen molar-refractivity contribution in [3.8, 4) is 39.8 Å². The molecule has 7 heteroatoms. The molecule has 0 bridgehead atoms. The fraction of sp³-hybridized carbons (Fsp3) is 0.130. The molecule has 3 aromatic carbocycles. The Bertz CT molecular complexity index is 1160. The molecule has 0 radical (unpaired) electrons. The second-order valence-corrected chi connectivity index (χ2v) is 7.58. The summed E-state index contributed by atoms with van der Waals surface area (Å²) in [5, 5.41) is 8.82. The summed E-state index contributed by atoms with van der Waals surface area (Å²) in [5.41, 5.74) is 4.30. The fourth-order valence-corrected chi connectivity index (χ4v) is 3.86. The van der Waals surface area contributed by atoms with Gasteiger partial charge in [0.25, 0.3) is 5.22 Å². The van der Waals surface area contributed by atoms with Gasteiger partial charge >= 0.3 is 0 Å². The summed E-state index contributed by atoms with van der Waals surface area (Å²) in [4.78, 5) is 0. The standard InChI is InChI=1S/C23H18N2O4S/c1-26-19-9-6-17(7-10-19)16-4-2-15(3-5-16)13-30-23-25-24-22(29-23)18-8-11-20-21(12-18)28-14-27-20/h2-12H,13-14H2,1H3. The van der Waals surface area contributed by atoms with Crippen molar-refractivity contribution in [2.24, 2.45) is 0 Å². The molecule has 4 aromatic rings. The van der Waals surface area contributed by atoms with E-state index in [2.05, 4.69) is 46.6 Å². The lowest BCUT2D eigenvalue weighted by Gasteiger charge is -2.05. The van der Waals surface area contributed by atoms with E-state index in [1.54, 1.807) is 7.11 Å². The predicted octanol–water partition coefficient (Wildman–Crippen LogP) is 5.43. The predicted molar refractivity (Wildman–Crippen MR) is 114 cm³/mol. The van der Waals surface area contributed by atoms with Gasteiger partial charge in [0.1, 0.15) is 5.75 Å². The minimum absolute atomic E-state index is 0.237. The van der Waals surface area contributed by atoms with Gasteiger partial charge in [-0.1, -0.05) is 48.2 Å². The Labute approximate surface area is 177 Å². The highest BCUT2D eigenvalue weighted by molar-refractivity contribution is 7.98.